The van der Waals surface area contributed by atoms with Gasteiger partial charge in [-0.15, -0.1) is 0 Å². The van der Waals surface area contributed by atoms with Crippen LogP contribution >= 0.6 is 0 Å². The van der Waals surface area contributed by atoms with Crippen molar-refractivity contribution in [2.75, 3.05) is 5.32 Å². The molecule has 130 valence electrons. The molecule has 2 aromatic heterocycles. The van der Waals surface area contributed by atoms with E-state index in [9.17, 15) is 4.79 Å². The van der Waals surface area contributed by atoms with Crippen LogP contribution in [0, 0.1) is 13.8 Å². The normalized spacial score (nSPS) is 11.3. The van der Waals surface area contributed by atoms with Crippen LogP contribution < -0.4 is 5.32 Å². The summed E-state index contributed by atoms with van der Waals surface area (Å²) in [5.74, 6) is -0.131. The zero-order valence-corrected chi connectivity index (χ0v) is 15.4. The highest BCUT2D eigenvalue weighted by molar-refractivity contribution is 6.07. The summed E-state index contributed by atoms with van der Waals surface area (Å²) in [6.45, 7) is 10.1. The van der Waals surface area contributed by atoms with Crippen LogP contribution in [0.2, 0.25) is 0 Å². The number of rotatable bonds is 4. The van der Waals surface area contributed by atoms with Crippen LogP contribution in [0.25, 0.3) is 11.0 Å². The van der Waals surface area contributed by atoms with Gasteiger partial charge in [0.05, 0.1) is 17.5 Å². The number of amides is 1. The van der Waals surface area contributed by atoms with E-state index < -0.39 is 0 Å². The Labute approximate surface area is 148 Å². The molecule has 0 saturated carbocycles. The van der Waals surface area contributed by atoms with Crippen molar-refractivity contribution in [3.05, 3.63) is 52.8 Å². The number of anilines is 1. The van der Waals surface area contributed by atoms with E-state index in [2.05, 4.69) is 36.2 Å². The van der Waals surface area contributed by atoms with Gasteiger partial charge in [-0.1, -0.05) is 25.1 Å². The monoisotopic (exact) mass is 336 g/mol. The lowest BCUT2D eigenvalue weighted by Crippen LogP contribution is -2.16. The maximum absolute atomic E-state index is 12.9. The van der Waals surface area contributed by atoms with E-state index in [4.69, 9.17) is 0 Å². The van der Waals surface area contributed by atoms with Gasteiger partial charge in [-0.2, -0.15) is 5.10 Å². The van der Waals surface area contributed by atoms with E-state index in [0.717, 1.165) is 34.3 Å². The molecule has 0 aliphatic carbocycles. The third-order valence-corrected chi connectivity index (χ3v) is 4.47. The van der Waals surface area contributed by atoms with Crippen molar-refractivity contribution in [1.82, 2.24) is 14.8 Å². The van der Waals surface area contributed by atoms with Crippen molar-refractivity contribution in [2.45, 2.75) is 47.1 Å². The van der Waals surface area contributed by atoms with Crippen LogP contribution in [-0.4, -0.2) is 20.7 Å². The van der Waals surface area contributed by atoms with Crippen molar-refractivity contribution >= 4 is 22.6 Å². The Morgan fingerprint density at radius 1 is 1.28 bits per heavy atom. The van der Waals surface area contributed by atoms with Crippen LogP contribution in [-0.2, 0) is 6.42 Å². The van der Waals surface area contributed by atoms with Gasteiger partial charge in [0, 0.05) is 17.1 Å². The summed E-state index contributed by atoms with van der Waals surface area (Å²) in [5, 5.41) is 8.34. The number of carbonyl (C=O) groups excluding carboxylic acids is 1. The van der Waals surface area contributed by atoms with Gasteiger partial charge in [-0.3, -0.25) is 4.79 Å². The minimum atomic E-state index is -0.131. The molecule has 3 rings (SSSR count). The highest BCUT2D eigenvalue weighted by Gasteiger charge is 2.17. The van der Waals surface area contributed by atoms with Crippen LogP contribution in [0.1, 0.15) is 54.0 Å². The summed E-state index contributed by atoms with van der Waals surface area (Å²) in [5.41, 5.74) is 5.20. The molecule has 0 fully saturated rings. The molecule has 0 bridgehead atoms. The third kappa shape index (κ3) is 3.14. The average molecular weight is 336 g/mol. The molecular weight excluding hydrogens is 312 g/mol. The second-order valence-electron chi connectivity index (χ2n) is 6.63. The summed E-state index contributed by atoms with van der Waals surface area (Å²) >= 11 is 0. The summed E-state index contributed by atoms with van der Waals surface area (Å²) in [7, 11) is 0. The molecule has 1 N–H and O–H groups in total. The molecule has 1 amide bonds. The Bertz CT molecular complexity index is 940. The molecule has 5 heteroatoms. The first-order valence-electron chi connectivity index (χ1n) is 8.67. The SMILES string of the molecule is CCc1cccc(C)c1NC(=O)c1cc2cnn(C(C)C)c2nc1C. The number of para-hydroxylation sites is 1. The molecule has 0 aliphatic heterocycles. The quantitative estimate of drug-likeness (QED) is 0.766. The molecule has 3 aromatic rings. The smallest absolute Gasteiger partial charge is 0.257 e. The number of carbonyl (C=O) groups is 1. The van der Waals surface area contributed by atoms with E-state index >= 15 is 0 Å². The Morgan fingerprint density at radius 2 is 2.04 bits per heavy atom. The third-order valence-electron chi connectivity index (χ3n) is 4.47. The van der Waals surface area contributed by atoms with Gasteiger partial charge >= 0.3 is 0 Å². The van der Waals surface area contributed by atoms with E-state index in [-0.39, 0.29) is 11.9 Å². The number of fused-ring (bicyclic) bond motifs is 1. The zero-order valence-electron chi connectivity index (χ0n) is 15.4. The van der Waals surface area contributed by atoms with Crippen LogP contribution in [0.5, 0.6) is 0 Å². The minimum Gasteiger partial charge on any atom is -0.321 e. The molecule has 5 nitrogen and oxygen atoms in total. The molecule has 25 heavy (non-hydrogen) atoms. The summed E-state index contributed by atoms with van der Waals surface area (Å²) in [6, 6.07) is 8.17. The Kier molecular flexibility index (Phi) is 4.57. The first-order valence-corrected chi connectivity index (χ1v) is 8.67. The van der Waals surface area contributed by atoms with Crippen LogP contribution in [0.3, 0.4) is 0 Å². The van der Waals surface area contributed by atoms with Gasteiger partial charge in [-0.05, 0) is 51.3 Å². The number of pyridine rings is 1. The minimum absolute atomic E-state index is 0.131. The lowest BCUT2D eigenvalue weighted by atomic mass is 10.0. The molecule has 0 atom stereocenters. The van der Waals surface area contributed by atoms with Crippen molar-refractivity contribution in [3.63, 3.8) is 0 Å². The van der Waals surface area contributed by atoms with Gasteiger partial charge in [0.25, 0.3) is 5.91 Å². The lowest BCUT2D eigenvalue weighted by molar-refractivity contribution is 0.102. The molecular formula is C20H24N4O. The standard InChI is InChI=1S/C20H24N4O/c1-6-15-9-7-8-13(4)18(15)23-20(25)17-10-16-11-21-24(12(2)3)19(16)22-14(17)5/h7-12H,6H2,1-5H3,(H,23,25). The van der Waals surface area contributed by atoms with Gasteiger partial charge in [-0.25, -0.2) is 9.67 Å². The fourth-order valence-electron chi connectivity index (χ4n) is 3.06. The zero-order chi connectivity index (χ0) is 18.1. The molecule has 0 aliphatic rings. The Hall–Kier alpha value is -2.69. The summed E-state index contributed by atoms with van der Waals surface area (Å²) < 4.78 is 1.88. The number of nitrogens with one attached hydrogen (secondary N) is 1. The highest BCUT2D eigenvalue weighted by atomic mass is 16.1. The fraction of sp³-hybridized carbons (Fsp3) is 0.350. The van der Waals surface area contributed by atoms with E-state index in [0.29, 0.717) is 11.3 Å². The molecule has 0 unspecified atom stereocenters. The van der Waals surface area contributed by atoms with Crippen LogP contribution in [0.15, 0.2) is 30.5 Å². The van der Waals surface area contributed by atoms with Crippen molar-refractivity contribution in [2.24, 2.45) is 0 Å². The molecule has 2 heterocycles. The Balaban J connectivity index is 2.00. The Morgan fingerprint density at radius 3 is 2.72 bits per heavy atom. The molecule has 0 saturated heterocycles. The van der Waals surface area contributed by atoms with Gasteiger partial charge in [0.15, 0.2) is 5.65 Å². The predicted octanol–water partition coefficient (Wildman–Crippen LogP) is 4.44. The van der Waals surface area contributed by atoms with Crippen molar-refractivity contribution in [1.29, 1.82) is 0 Å². The van der Waals surface area contributed by atoms with Crippen LogP contribution in [0.4, 0.5) is 5.69 Å². The van der Waals surface area contributed by atoms with Gasteiger partial charge in [0.2, 0.25) is 0 Å². The number of benzene rings is 1. The van der Waals surface area contributed by atoms with Gasteiger partial charge < -0.3 is 5.32 Å². The lowest BCUT2D eigenvalue weighted by Gasteiger charge is -2.14. The van der Waals surface area contributed by atoms with Gasteiger partial charge in [0.1, 0.15) is 0 Å². The number of hydrogen-bond donors (Lipinski definition) is 1. The maximum atomic E-state index is 12.9. The molecule has 0 spiro atoms. The second kappa shape index (κ2) is 6.67. The van der Waals surface area contributed by atoms with E-state index in [1.165, 1.54) is 0 Å². The summed E-state index contributed by atoms with van der Waals surface area (Å²) in [6.07, 6.45) is 2.64. The number of aryl methyl sites for hydroxylation is 3. The second-order valence-corrected chi connectivity index (χ2v) is 6.63. The number of nitrogens with zero attached hydrogens (tertiary/aromatic N) is 3. The summed E-state index contributed by atoms with van der Waals surface area (Å²) in [4.78, 5) is 17.5. The van der Waals surface area contributed by atoms with E-state index in [1.54, 1.807) is 6.20 Å². The maximum Gasteiger partial charge on any atom is 0.257 e. The first-order chi connectivity index (χ1) is 11.9. The van der Waals surface area contributed by atoms with Crippen molar-refractivity contribution in [3.8, 4) is 0 Å². The highest BCUT2D eigenvalue weighted by Crippen LogP contribution is 2.24. The first kappa shape index (κ1) is 17.1. The topological polar surface area (TPSA) is 59.8 Å². The largest absolute Gasteiger partial charge is 0.321 e. The van der Waals surface area contributed by atoms with E-state index in [1.807, 2.05) is 42.8 Å². The molecule has 0 radical (unpaired) electrons. The molecule has 1 aromatic carbocycles. The predicted molar refractivity (Wildman–Crippen MR) is 101 cm³/mol. The number of aromatic nitrogens is 3. The fourth-order valence-corrected chi connectivity index (χ4v) is 3.06. The van der Waals surface area contributed by atoms with Crippen molar-refractivity contribution < 1.29 is 4.79 Å². The average Bonchev–Trinajstić information content (AvgIpc) is 2.98. The number of hydrogen-bond acceptors (Lipinski definition) is 3.